The molecule has 3 aliphatic heterocycles. The largest absolute Gasteiger partial charge is 0.489 e. The molecule has 2 saturated heterocycles. The van der Waals surface area contributed by atoms with Gasteiger partial charge in [-0.3, -0.25) is 19.7 Å². The molecule has 2 N–H and O–H groups in total. The van der Waals surface area contributed by atoms with Gasteiger partial charge in [-0.05, 0) is 37.1 Å². The Hall–Kier alpha value is -2.12. The van der Waals surface area contributed by atoms with Crippen LogP contribution >= 0.6 is 12.4 Å². The number of hydrogen-bond acceptors (Lipinski definition) is 5. The molecular formula is C17H20ClN3O4. The Morgan fingerprint density at radius 2 is 2.00 bits per heavy atom. The van der Waals surface area contributed by atoms with Gasteiger partial charge < -0.3 is 15.0 Å². The molecule has 7 nitrogen and oxygen atoms in total. The number of carbonyl (C=O) groups is 3. The smallest absolute Gasteiger partial charge is 0.255 e. The molecular weight excluding hydrogens is 346 g/mol. The fourth-order valence-electron chi connectivity index (χ4n) is 3.53. The highest BCUT2D eigenvalue weighted by molar-refractivity contribution is 6.05. The number of ether oxygens (including phenoxy) is 1. The predicted octanol–water partition coefficient (Wildman–Crippen LogP) is 0.610. The maximum absolute atomic E-state index is 12.7. The van der Waals surface area contributed by atoms with Crippen LogP contribution in [0.5, 0.6) is 5.75 Å². The number of fused-ring (bicyclic) bond motifs is 1. The van der Waals surface area contributed by atoms with Gasteiger partial charge in [0.25, 0.3) is 5.91 Å². The van der Waals surface area contributed by atoms with Gasteiger partial charge in [-0.25, -0.2) is 0 Å². The van der Waals surface area contributed by atoms with Crippen LogP contribution in [-0.2, 0) is 16.1 Å². The lowest BCUT2D eigenvalue weighted by molar-refractivity contribution is -0.136. The van der Waals surface area contributed by atoms with Gasteiger partial charge in [0.1, 0.15) is 17.9 Å². The van der Waals surface area contributed by atoms with E-state index in [2.05, 4.69) is 10.6 Å². The van der Waals surface area contributed by atoms with Gasteiger partial charge in [0.15, 0.2) is 0 Å². The molecule has 2 atom stereocenters. The minimum atomic E-state index is -0.578. The van der Waals surface area contributed by atoms with Crippen LogP contribution in [0.2, 0.25) is 0 Å². The average molecular weight is 366 g/mol. The molecule has 25 heavy (non-hydrogen) atoms. The number of nitrogens with zero attached hydrogens (tertiary/aromatic N) is 1. The zero-order valence-corrected chi connectivity index (χ0v) is 14.4. The van der Waals surface area contributed by atoms with E-state index >= 15 is 0 Å². The van der Waals surface area contributed by atoms with Crippen LogP contribution in [0.3, 0.4) is 0 Å². The second kappa shape index (κ2) is 7.01. The first-order chi connectivity index (χ1) is 11.6. The molecule has 1 aromatic rings. The summed E-state index contributed by atoms with van der Waals surface area (Å²) in [6.07, 6.45) is 1.72. The lowest BCUT2D eigenvalue weighted by atomic mass is 10.0. The van der Waals surface area contributed by atoms with Crippen molar-refractivity contribution in [3.05, 3.63) is 29.3 Å². The van der Waals surface area contributed by atoms with E-state index in [-0.39, 0.29) is 42.7 Å². The van der Waals surface area contributed by atoms with Crippen molar-refractivity contribution in [2.45, 2.75) is 38.0 Å². The summed E-state index contributed by atoms with van der Waals surface area (Å²) in [5, 5.41) is 5.55. The van der Waals surface area contributed by atoms with E-state index in [1.165, 1.54) is 0 Å². The highest BCUT2D eigenvalue weighted by atomic mass is 35.5. The zero-order valence-electron chi connectivity index (χ0n) is 13.6. The van der Waals surface area contributed by atoms with Crippen molar-refractivity contribution in [2.75, 3.05) is 13.1 Å². The molecule has 0 saturated carbocycles. The number of amides is 3. The van der Waals surface area contributed by atoms with Gasteiger partial charge in [-0.1, -0.05) is 6.07 Å². The summed E-state index contributed by atoms with van der Waals surface area (Å²) < 4.78 is 5.91. The van der Waals surface area contributed by atoms with Gasteiger partial charge in [-0.2, -0.15) is 0 Å². The molecule has 134 valence electrons. The minimum Gasteiger partial charge on any atom is -0.489 e. The predicted molar refractivity (Wildman–Crippen MR) is 91.6 cm³/mol. The summed E-state index contributed by atoms with van der Waals surface area (Å²) in [6.45, 7) is 2.15. The Balaban J connectivity index is 0.00000182. The maximum atomic E-state index is 12.7. The van der Waals surface area contributed by atoms with E-state index in [1.54, 1.807) is 11.0 Å². The number of nitrogens with one attached hydrogen (secondary N) is 2. The third-order valence-corrected chi connectivity index (χ3v) is 4.82. The normalized spacial score (nSPS) is 25.4. The van der Waals surface area contributed by atoms with Crippen LogP contribution in [0.25, 0.3) is 0 Å². The lowest BCUT2D eigenvalue weighted by Gasteiger charge is -2.29. The van der Waals surface area contributed by atoms with E-state index in [0.29, 0.717) is 24.3 Å². The van der Waals surface area contributed by atoms with Crippen molar-refractivity contribution < 1.29 is 19.1 Å². The first-order valence-electron chi connectivity index (χ1n) is 8.27. The van der Waals surface area contributed by atoms with Crippen LogP contribution < -0.4 is 15.4 Å². The number of carbonyl (C=O) groups excluding carboxylic acids is 3. The second-order valence-electron chi connectivity index (χ2n) is 6.45. The number of halogens is 1. The van der Waals surface area contributed by atoms with Crippen LogP contribution in [0, 0.1) is 0 Å². The molecule has 4 rings (SSSR count). The van der Waals surface area contributed by atoms with Crippen molar-refractivity contribution in [2.24, 2.45) is 0 Å². The molecule has 1 aromatic carbocycles. The minimum absolute atomic E-state index is 0. The maximum Gasteiger partial charge on any atom is 0.255 e. The summed E-state index contributed by atoms with van der Waals surface area (Å²) in [5.74, 6) is -0.155. The van der Waals surface area contributed by atoms with Crippen LogP contribution in [0.4, 0.5) is 0 Å². The Kier molecular flexibility index (Phi) is 4.96. The molecule has 2 unspecified atom stereocenters. The zero-order chi connectivity index (χ0) is 16.7. The number of piperidine rings is 1. The number of imide groups is 1. The summed E-state index contributed by atoms with van der Waals surface area (Å²) in [5.41, 5.74) is 1.48. The molecule has 2 fully saturated rings. The van der Waals surface area contributed by atoms with Crippen molar-refractivity contribution in [3.8, 4) is 5.75 Å². The molecule has 0 radical (unpaired) electrons. The lowest BCUT2D eigenvalue weighted by Crippen LogP contribution is -2.52. The first-order valence-corrected chi connectivity index (χ1v) is 8.27. The fraction of sp³-hybridized carbons (Fsp3) is 0.471. The van der Waals surface area contributed by atoms with Crippen LogP contribution in [0.1, 0.15) is 35.2 Å². The number of benzene rings is 1. The van der Waals surface area contributed by atoms with Gasteiger partial charge in [0.2, 0.25) is 11.8 Å². The SMILES string of the molecule is Cl.O=C1CCC(N2Cc3ccc(OC4CCNC4)cc3C2=O)C(=O)N1. The molecule has 3 aliphatic rings. The van der Waals surface area contributed by atoms with Crippen molar-refractivity contribution in [3.63, 3.8) is 0 Å². The molecule has 0 aliphatic carbocycles. The van der Waals surface area contributed by atoms with Gasteiger partial charge in [0.05, 0.1) is 0 Å². The van der Waals surface area contributed by atoms with E-state index in [9.17, 15) is 14.4 Å². The molecule has 3 amide bonds. The first kappa shape index (κ1) is 17.7. The summed E-state index contributed by atoms with van der Waals surface area (Å²) >= 11 is 0. The van der Waals surface area contributed by atoms with Gasteiger partial charge >= 0.3 is 0 Å². The van der Waals surface area contributed by atoms with Crippen molar-refractivity contribution >= 4 is 30.1 Å². The standard InChI is InChI=1S/C17H19N3O4.ClH/c21-15-4-3-14(16(22)19-15)20-9-10-1-2-11(7-13(10)17(20)23)24-12-5-6-18-8-12;/h1-2,7,12,14,18H,3-6,8-9H2,(H,19,21,22);1H. The highest BCUT2D eigenvalue weighted by Gasteiger charge is 2.39. The highest BCUT2D eigenvalue weighted by Crippen LogP contribution is 2.30. The molecule has 0 bridgehead atoms. The Bertz CT molecular complexity index is 718. The topological polar surface area (TPSA) is 87.7 Å². The fourth-order valence-corrected chi connectivity index (χ4v) is 3.53. The molecule has 0 aromatic heterocycles. The summed E-state index contributed by atoms with van der Waals surface area (Å²) in [6, 6.07) is 4.95. The molecule has 8 heteroatoms. The summed E-state index contributed by atoms with van der Waals surface area (Å²) in [7, 11) is 0. The van der Waals surface area contributed by atoms with Gasteiger partial charge in [-0.15, -0.1) is 12.4 Å². The third-order valence-electron chi connectivity index (χ3n) is 4.82. The molecule has 3 heterocycles. The van der Waals surface area contributed by atoms with Crippen molar-refractivity contribution in [1.82, 2.24) is 15.5 Å². The number of rotatable bonds is 3. The van der Waals surface area contributed by atoms with Crippen LogP contribution in [-0.4, -0.2) is 47.9 Å². The van der Waals surface area contributed by atoms with Crippen molar-refractivity contribution in [1.29, 1.82) is 0 Å². The second-order valence-corrected chi connectivity index (χ2v) is 6.45. The monoisotopic (exact) mass is 365 g/mol. The number of hydrogen-bond donors (Lipinski definition) is 2. The Morgan fingerprint density at radius 3 is 2.72 bits per heavy atom. The van der Waals surface area contributed by atoms with Crippen LogP contribution in [0.15, 0.2) is 18.2 Å². The summed E-state index contributed by atoms with van der Waals surface area (Å²) in [4.78, 5) is 37.6. The Morgan fingerprint density at radius 1 is 1.16 bits per heavy atom. The van der Waals surface area contributed by atoms with E-state index in [4.69, 9.17) is 4.74 Å². The van der Waals surface area contributed by atoms with E-state index in [1.807, 2.05) is 12.1 Å². The quantitative estimate of drug-likeness (QED) is 0.766. The Labute approximate surface area is 151 Å². The van der Waals surface area contributed by atoms with Gasteiger partial charge in [0, 0.05) is 25.1 Å². The molecule has 0 spiro atoms. The van der Waals surface area contributed by atoms with E-state index in [0.717, 1.165) is 25.1 Å². The average Bonchev–Trinajstić information content (AvgIpc) is 3.17. The van der Waals surface area contributed by atoms with E-state index < -0.39 is 6.04 Å². The third kappa shape index (κ3) is 3.34.